The van der Waals surface area contributed by atoms with Crippen molar-refractivity contribution in [1.82, 2.24) is 0 Å². The molecule has 0 saturated carbocycles. The summed E-state index contributed by atoms with van der Waals surface area (Å²) < 4.78 is 0. The van der Waals surface area contributed by atoms with Crippen LogP contribution in [0.3, 0.4) is 0 Å². The Hall–Kier alpha value is -0.630. The van der Waals surface area contributed by atoms with E-state index in [-0.39, 0.29) is 0 Å². The summed E-state index contributed by atoms with van der Waals surface area (Å²) in [6.07, 6.45) is 5.10. The molecule has 2 N–H and O–H groups in total. The zero-order valence-corrected chi connectivity index (χ0v) is 5.61. The molecule has 0 unspecified atom stereocenters. The van der Waals surface area contributed by atoms with E-state index in [1.807, 2.05) is 13.0 Å². The molecule has 0 aromatic rings. The Balaban J connectivity index is 3.79. The molecule has 0 amide bonds. The van der Waals surface area contributed by atoms with Crippen molar-refractivity contribution >= 4 is 17.6 Å². The van der Waals surface area contributed by atoms with Gasteiger partial charge in [0.2, 0.25) is 0 Å². The second-order valence-electron chi connectivity index (χ2n) is 1.41. The molecule has 1 nitrogen and oxygen atoms in total. The van der Waals surface area contributed by atoms with E-state index in [1.54, 1.807) is 11.4 Å². The third kappa shape index (κ3) is 3.56. The van der Waals surface area contributed by atoms with Gasteiger partial charge in [0.05, 0.1) is 0 Å². The van der Waals surface area contributed by atoms with Crippen LogP contribution in [0.1, 0.15) is 6.92 Å². The van der Waals surface area contributed by atoms with Crippen molar-refractivity contribution in [3.8, 4) is 0 Å². The fourth-order valence-corrected chi connectivity index (χ4v) is 0.529. The van der Waals surface area contributed by atoms with E-state index in [0.717, 1.165) is 5.57 Å². The van der Waals surface area contributed by atoms with Gasteiger partial charge in [0.1, 0.15) is 0 Å². The lowest BCUT2D eigenvalue weighted by molar-refractivity contribution is 1.49. The van der Waals surface area contributed by atoms with Crippen LogP contribution in [0.2, 0.25) is 0 Å². The van der Waals surface area contributed by atoms with Gasteiger partial charge in [-0.1, -0.05) is 12.2 Å². The molecule has 8 heavy (non-hydrogen) atoms. The third-order valence-corrected chi connectivity index (χ3v) is 0.826. The van der Waals surface area contributed by atoms with Crippen LogP contribution in [0.5, 0.6) is 0 Å². The van der Waals surface area contributed by atoms with Crippen molar-refractivity contribution in [2.75, 3.05) is 0 Å². The molecule has 0 atom stereocenters. The Bertz CT molecular complexity index is 124. The number of thiocarbonyl (C=S) groups is 1. The number of rotatable bonds is 2. The van der Waals surface area contributed by atoms with Gasteiger partial charge in [0.25, 0.3) is 0 Å². The quantitative estimate of drug-likeness (QED) is 0.345. The van der Waals surface area contributed by atoms with E-state index in [9.17, 15) is 0 Å². The zero-order chi connectivity index (χ0) is 6.41. The maximum absolute atomic E-state index is 5.09. The molecule has 0 heterocycles. The highest BCUT2D eigenvalue weighted by Gasteiger charge is 1.72. The number of allylic oxidation sites excluding steroid dienone is 3. The van der Waals surface area contributed by atoms with Crippen LogP contribution in [0, 0.1) is 0 Å². The van der Waals surface area contributed by atoms with Gasteiger partial charge in [-0.15, -0.1) is 0 Å². The summed E-state index contributed by atoms with van der Waals surface area (Å²) in [6.45, 7) is 1.94. The highest BCUT2D eigenvalue weighted by Crippen LogP contribution is 1.89. The predicted octanol–water partition coefficient (Wildman–Crippen LogP) is 1.40. The van der Waals surface area contributed by atoms with Crippen LogP contribution < -0.4 is 5.73 Å². The molecule has 0 spiro atoms. The van der Waals surface area contributed by atoms with Crippen molar-refractivity contribution in [3.63, 3.8) is 0 Å². The molecule has 0 aliphatic rings. The molecule has 0 radical (unpaired) electrons. The molecule has 0 bridgehead atoms. The van der Waals surface area contributed by atoms with E-state index < -0.39 is 0 Å². The smallest absolute Gasteiger partial charge is 0.00161 e. The Kier molecular flexibility index (Phi) is 4.17. The second-order valence-corrected chi connectivity index (χ2v) is 1.68. The maximum atomic E-state index is 5.09. The monoisotopic (exact) mass is 127 g/mol. The SMILES string of the molecule is CC(C=CN)=CC=S. The van der Waals surface area contributed by atoms with Crippen molar-refractivity contribution < 1.29 is 0 Å². The van der Waals surface area contributed by atoms with Crippen molar-refractivity contribution in [1.29, 1.82) is 0 Å². The minimum Gasteiger partial charge on any atom is -0.405 e. The van der Waals surface area contributed by atoms with Crippen LogP contribution in [-0.4, -0.2) is 5.37 Å². The number of hydrogen-bond donors (Lipinski definition) is 1. The van der Waals surface area contributed by atoms with E-state index in [2.05, 4.69) is 12.2 Å². The number of hydrogen-bond acceptors (Lipinski definition) is 2. The van der Waals surface area contributed by atoms with Gasteiger partial charge in [-0.05, 0) is 30.8 Å². The summed E-state index contributed by atoms with van der Waals surface area (Å²) in [7, 11) is 0. The average Bonchev–Trinajstić information content (AvgIpc) is 1.68. The average molecular weight is 127 g/mol. The highest BCUT2D eigenvalue weighted by molar-refractivity contribution is 7.79. The lowest BCUT2D eigenvalue weighted by Crippen LogP contribution is -1.76. The van der Waals surface area contributed by atoms with Crippen molar-refractivity contribution in [2.45, 2.75) is 6.92 Å². The Labute approximate surface area is 54.9 Å². The largest absolute Gasteiger partial charge is 0.405 e. The number of nitrogens with two attached hydrogens (primary N) is 1. The first-order chi connectivity index (χ1) is 3.81. The zero-order valence-electron chi connectivity index (χ0n) is 4.79. The summed E-state index contributed by atoms with van der Waals surface area (Å²) in [5.41, 5.74) is 6.16. The van der Waals surface area contributed by atoms with Gasteiger partial charge in [0, 0.05) is 5.37 Å². The Morgan fingerprint density at radius 2 is 2.25 bits per heavy atom. The predicted molar refractivity (Wildman–Crippen MR) is 40.7 cm³/mol. The van der Waals surface area contributed by atoms with Crippen LogP contribution in [0.25, 0.3) is 0 Å². The molecular formula is C6H9NS. The first-order valence-electron chi connectivity index (χ1n) is 2.31. The topological polar surface area (TPSA) is 26.0 Å². The van der Waals surface area contributed by atoms with E-state index in [1.165, 1.54) is 6.20 Å². The summed E-state index contributed by atoms with van der Waals surface area (Å²) >= 11 is 4.57. The van der Waals surface area contributed by atoms with Gasteiger partial charge >= 0.3 is 0 Å². The molecule has 0 aromatic carbocycles. The lowest BCUT2D eigenvalue weighted by atomic mass is 10.3. The fraction of sp³-hybridized carbons (Fsp3) is 0.167. The van der Waals surface area contributed by atoms with E-state index in [0.29, 0.717) is 0 Å². The molecular weight excluding hydrogens is 118 g/mol. The molecule has 0 rings (SSSR count). The van der Waals surface area contributed by atoms with Gasteiger partial charge in [-0.3, -0.25) is 0 Å². The third-order valence-electron chi connectivity index (χ3n) is 0.690. The van der Waals surface area contributed by atoms with E-state index >= 15 is 0 Å². The van der Waals surface area contributed by atoms with Gasteiger partial charge in [-0.2, -0.15) is 0 Å². The summed E-state index contributed by atoms with van der Waals surface area (Å²) in [5, 5.41) is 1.56. The summed E-state index contributed by atoms with van der Waals surface area (Å²) in [5.74, 6) is 0. The molecule has 44 valence electrons. The highest BCUT2D eigenvalue weighted by atomic mass is 32.1. The molecule has 0 aromatic heterocycles. The van der Waals surface area contributed by atoms with Gasteiger partial charge < -0.3 is 5.73 Å². The minimum atomic E-state index is 1.07. The van der Waals surface area contributed by atoms with Gasteiger partial charge in [-0.25, -0.2) is 0 Å². The molecule has 2 heteroatoms. The summed E-state index contributed by atoms with van der Waals surface area (Å²) in [4.78, 5) is 0. The maximum Gasteiger partial charge on any atom is 0.00161 e. The Morgan fingerprint density at radius 1 is 1.62 bits per heavy atom. The first-order valence-corrected chi connectivity index (χ1v) is 2.78. The summed E-state index contributed by atoms with van der Waals surface area (Å²) in [6, 6.07) is 0. The first kappa shape index (κ1) is 7.37. The molecule has 0 saturated heterocycles. The fourth-order valence-electron chi connectivity index (χ4n) is 0.315. The second kappa shape index (κ2) is 4.53. The van der Waals surface area contributed by atoms with Crippen LogP contribution >= 0.6 is 12.2 Å². The van der Waals surface area contributed by atoms with Crippen molar-refractivity contribution in [2.24, 2.45) is 5.73 Å². The van der Waals surface area contributed by atoms with Crippen LogP contribution in [0.15, 0.2) is 23.9 Å². The minimum absolute atomic E-state index is 1.07. The molecule has 0 aliphatic heterocycles. The van der Waals surface area contributed by atoms with E-state index in [4.69, 9.17) is 5.73 Å². The Morgan fingerprint density at radius 3 is 2.62 bits per heavy atom. The van der Waals surface area contributed by atoms with Crippen LogP contribution in [0.4, 0.5) is 0 Å². The molecule has 0 aliphatic carbocycles. The normalized spacial score (nSPS) is 12.4. The van der Waals surface area contributed by atoms with Crippen LogP contribution in [-0.2, 0) is 0 Å². The molecule has 0 fully saturated rings. The lowest BCUT2D eigenvalue weighted by Gasteiger charge is -1.82. The standard InChI is InChI=1S/C6H9NS/c1-6(2-4-7)3-5-8/h2-5H,7H2,1H3. The van der Waals surface area contributed by atoms with Crippen molar-refractivity contribution in [3.05, 3.63) is 23.9 Å². The van der Waals surface area contributed by atoms with Gasteiger partial charge in [0.15, 0.2) is 0 Å².